The van der Waals surface area contributed by atoms with E-state index in [1.54, 1.807) is 6.92 Å². The predicted molar refractivity (Wildman–Crippen MR) is 35.8 cm³/mol. The highest BCUT2D eigenvalue weighted by Gasteiger charge is 2.40. The van der Waals surface area contributed by atoms with Crippen molar-refractivity contribution in [2.24, 2.45) is 5.41 Å². The van der Waals surface area contributed by atoms with E-state index in [9.17, 15) is 4.79 Å². The molecule has 0 radical (unpaired) electrons. The highest BCUT2D eigenvalue weighted by atomic mass is 16.5. The summed E-state index contributed by atoms with van der Waals surface area (Å²) >= 11 is 0. The maximum atomic E-state index is 10.6. The third-order valence-electron chi connectivity index (χ3n) is 1.94. The molecule has 0 spiro atoms. The van der Waals surface area contributed by atoms with Gasteiger partial charge in [0.15, 0.2) is 0 Å². The van der Waals surface area contributed by atoms with Gasteiger partial charge in [-0.3, -0.25) is 4.79 Å². The second-order valence-electron chi connectivity index (χ2n) is 3.19. The molecule has 0 bridgehead atoms. The molecule has 10 heavy (non-hydrogen) atoms. The minimum Gasteiger partial charge on any atom is -0.481 e. The van der Waals surface area contributed by atoms with E-state index in [2.05, 4.69) is 0 Å². The average molecular weight is 144 g/mol. The molecule has 3 heteroatoms. The van der Waals surface area contributed by atoms with Gasteiger partial charge in [0.25, 0.3) is 0 Å². The van der Waals surface area contributed by atoms with Crippen molar-refractivity contribution < 1.29 is 14.6 Å². The Morgan fingerprint density at radius 3 is 2.60 bits per heavy atom. The first kappa shape index (κ1) is 7.54. The van der Waals surface area contributed by atoms with Crippen molar-refractivity contribution in [2.45, 2.75) is 26.4 Å². The first-order chi connectivity index (χ1) is 4.54. The van der Waals surface area contributed by atoms with Crippen LogP contribution in [0.4, 0.5) is 0 Å². The fraction of sp³-hybridized carbons (Fsp3) is 0.857. The zero-order valence-corrected chi connectivity index (χ0v) is 6.26. The maximum absolute atomic E-state index is 10.6. The molecule has 1 heterocycles. The lowest BCUT2D eigenvalue weighted by atomic mass is 9.88. The van der Waals surface area contributed by atoms with Gasteiger partial charge in [0.1, 0.15) is 0 Å². The Balaban J connectivity index is 2.63. The lowest BCUT2D eigenvalue weighted by molar-refractivity contribution is -0.147. The first-order valence-electron chi connectivity index (χ1n) is 3.39. The molecule has 3 nitrogen and oxygen atoms in total. The summed E-state index contributed by atoms with van der Waals surface area (Å²) in [6, 6.07) is 0. The zero-order chi connectivity index (χ0) is 7.78. The largest absolute Gasteiger partial charge is 0.481 e. The molecule has 1 aliphatic rings. The van der Waals surface area contributed by atoms with E-state index in [0.717, 1.165) is 0 Å². The van der Waals surface area contributed by atoms with Crippen molar-refractivity contribution in [3.63, 3.8) is 0 Å². The number of hydrogen-bond acceptors (Lipinski definition) is 2. The highest BCUT2D eigenvalue weighted by molar-refractivity contribution is 5.74. The molecule has 1 saturated heterocycles. The van der Waals surface area contributed by atoms with Crippen molar-refractivity contribution in [1.82, 2.24) is 0 Å². The molecular formula is C7H12O3. The van der Waals surface area contributed by atoms with E-state index in [-0.39, 0.29) is 6.10 Å². The number of carbonyl (C=O) groups is 1. The lowest BCUT2D eigenvalue weighted by Crippen LogP contribution is -2.27. The maximum Gasteiger partial charge on any atom is 0.311 e. The normalized spacial score (nSPS) is 40.0. The van der Waals surface area contributed by atoms with Crippen LogP contribution in [-0.4, -0.2) is 23.8 Å². The van der Waals surface area contributed by atoms with Crippen LogP contribution in [0.5, 0.6) is 0 Å². The van der Waals surface area contributed by atoms with Crippen LogP contribution >= 0.6 is 0 Å². The minimum atomic E-state index is -0.753. The summed E-state index contributed by atoms with van der Waals surface area (Å²) in [6.07, 6.45) is 0.726. The third-order valence-corrected chi connectivity index (χ3v) is 1.94. The smallest absolute Gasteiger partial charge is 0.311 e. The third kappa shape index (κ3) is 1.14. The van der Waals surface area contributed by atoms with Gasteiger partial charge in [0.05, 0.1) is 18.1 Å². The Bertz CT molecular complexity index is 155. The number of hydrogen-bond donors (Lipinski definition) is 1. The Morgan fingerprint density at radius 2 is 2.40 bits per heavy atom. The summed E-state index contributed by atoms with van der Waals surface area (Å²) in [5.41, 5.74) is -0.639. The number of ether oxygens (including phenoxy) is 1. The van der Waals surface area contributed by atoms with Crippen LogP contribution in [0.2, 0.25) is 0 Å². The van der Waals surface area contributed by atoms with Crippen molar-refractivity contribution in [2.75, 3.05) is 6.61 Å². The summed E-state index contributed by atoms with van der Waals surface area (Å²) in [6.45, 7) is 3.97. The average Bonchev–Trinajstić information content (AvgIpc) is 2.13. The van der Waals surface area contributed by atoms with Crippen LogP contribution in [0.25, 0.3) is 0 Å². The van der Waals surface area contributed by atoms with Gasteiger partial charge < -0.3 is 9.84 Å². The minimum absolute atomic E-state index is 0.0982. The summed E-state index contributed by atoms with van der Waals surface area (Å²) in [4.78, 5) is 10.6. The van der Waals surface area contributed by atoms with E-state index in [4.69, 9.17) is 9.84 Å². The molecule has 1 fully saturated rings. The molecule has 0 aromatic carbocycles. The van der Waals surface area contributed by atoms with Gasteiger partial charge in [-0.2, -0.15) is 0 Å². The van der Waals surface area contributed by atoms with Gasteiger partial charge >= 0.3 is 5.97 Å². The van der Waals surface area contributed by atoms with Crippen molar-refractivity contribution >= 4 is 5.97 Å². The van der Waals surface area contributed by atoms with Gasteiger partial charge in [-0.15, -0.1) is 0 Å². The van der Waals surface area contributed by atoms with Gasteiger partial charge in [-0.25, -0.2) is 0 Å². The zero-order valence-electron chi connectivity index (χ0n) is 6.26. The number of carboxylic acid groups (broad SMARTS) is 1. The van der Waals surface area contributed by atoms with E-state index >= 15 is 0 Å². The molecule has 0 saturated carbocycles. The molecule has 0 amide bonds. The summed E-state index contributed by atoms with van der Waals surface area (Å²) < 4.78 is 5.15. The van der Waals surface area contributed by atoms with Gasteiger partial charge in [0, 0.05) is 0 Å². The molecular weight excluding hydrogens is 132 g/mol. The molecule has 1 aliphatic heterocycles. The highest BCUT2D eigenvalue weighted by Crippen LogP contribution is 2.31. The Labute approximate surface area is 60.0 Å². The van der Waals surface area contributed by atoms with Crippen LogP contribution in [0.15, 0.2) is 0 Å². The van der Waals surface area contributed by atoms with Crippen LogP contribution in [0, 0.1) is 5.41 Å². The Kier molecular flexibility index (Phi) is 1.68. The molecule has 0 aliphatic carbocycles. The fourth-order valence-corrected chi connectivity index (χ4v) is 1.23. The standard InChI is InChI=1S/C7H12O3/c1-5-3-7(2,4-10-5)6(8)9/h5H,3-4H2,1-2H3,(H,8,9)/t5-,7-/m0/s1. The topological polar surface area (TPSA) is 46.5 Å². The van der Waals surface area contributed by atoms with Gasteiger partial charge in [-0.1, -0.05) is 0 Å². The first-order valence-corrected chi connectivity index (χ1v) is 3.39. The van der Waals surface area contributed by atoms with Crippen LogP contribution < -0.4 is 0 Å². The van der Waals surface area contributed by atoms with E-state index in [1.165, 1.54) is 0 Å². The molecule has 1 N–H and O–H groups in total. The summed E-state index contributed by atoms with van der Waals surface area (Å²) in [5, 5.41) is 8.71. The Hall–Kier alpha value is -0.570. The molecule has 2 atom stereocenters. The molecule has 0 unspecified atom stereocenters. The Morgan fingerprint density at radius 1 is 1.80 bits per heavy atom. The molecule has 1 rings (SSSR count). The second kappa shape index (κ2) is 2.23. The monoisotopic (exact) mass is 144 g/mol. The van der Waals surface area contributed by atoms with E-state index in [1.807, 2.05) is 6.92 Å². The lowest BCUT2D eigenvalue weighted by Gasteiger charge is -2.13. The SMILES string of the molecule is C[C@H]1C[C@](C)(C(=O)O)CO1. The van der Waals surface area contributed by atoms with E-state index < -0.39 is 11.4 Å². The summed E-state index contributed by atoms with van der Waals surface area (Å²) in [5.74, 6) is -0.753. The number of aliphatic carboxylic acids is 1. The van der Waals surface area contributed by atoms with Crippen LogP contribution in [-0.2, 0) is 9.53 Å². The fourth-order valence-electron chi connectivity index (χ4n) is 1.23. The van der Waals surface area contributed by atoms with Crippen molar-refractivity contribution in [3.05, 3.63) is 0 Å². The van der Waals surface area contributed by atoms with Crippen molar-refractivity contribution in [1.29, 1.82) is 0 Å². The molecule has 0 aromatic rings. The van der Waals surface area contributed by atoms with Crippen LogP contribution in [0.1, 0.15) is 20.3 Å². The van der Waals surface area contributed by atoms with Gasteiger partial charge in [0.2, 0.25) is 0 Å². The predicted octanol–water partition coefficient (Wildman–Crippen LogP) is 0.886. The van der Waals surface area contributed by atoms with Crippen LogP contribution in [0.3, 0.4) is 0 Å². The molecule has 0 aromatic heterocycles. The molecule has 58 valence electrons. The number of carboxylic acids is 1. The summed E-state index contributed by atoms with van der Waals surface area (Å²) in [7, 11) is 0. The van der Waals surface area contributed by atoms with E-state index in [0.29, 0.717) is 13.0 Å². The van der Waals surface area contributed by atoms with Crippen molar-refractivity contribution in [3.8, 4) is 0 Å². The number of rotatable bonds is 1. The second-order valence-corrected chi connectivity index (χ2v) is 3.19. The quantitative estimate of drug-likeness (QED) is 0.594. The van der Waals surface area contributed by atoms with Gasteiger partial charge in [-0.05, 0) is 20.3 Å².